The maximum atomic E-state index is 12.7. The van der Waals surface area contributed by atoms with Crippen molar-refractivity contribution in [1.82, 2.24) is 0 Å². The van der Waals surface area contributed by atoms with Gasteiger partial charge in [-0.05, 0) is 22.6 Å². The first kappa shape index (κ1) is 11.9. The van der Waals surface area contributed by atoms with Gasteiger partial charge in [0.1, 0.15) is 0 Å². The average molecular weight is 273 g/mol. The molecule has 0 unspecified atom stereocenters. The van der Waals surface area contributed by atoms with Crippen molar-refractivity contribution in [3.63, 3.8) is 0 Å². The molecule has 3 nitrogen and oxygen atoms in total. The third-order valence-corrected chi connectivity index (χ3v) is 4.01. The summed E-state index contributed by atoms with van der Waals surface area (Å²) in [5.74, 6) is -0.490. The molecule has 1 aliphatic rings. The van der Waals surface area contributed by atoms with Crippen molar-refractivity contribution in [2.45, 2.75) is 0 Å². The third-order valence-electron chi connectivity index (χ3n) is 4.01. The molecule has 100 valence electrons. The molecule has 0 aliphatic heterocycles. The molecular weight excluding hydrogens is 262 g/mol. The van der Waals surface area contributed by atoms with Gasteiger partial charge in [-0.3, -0.25) is 9.59 Å². The zero-order chi connectivity index (χ0) is 14.6. The zero-order valence-corrected chi connectivity index (χ0v) is 11.1. The number of carbonyl (C=O) groups is 2. The van der Waals surface area contributed by atoms with Gasteiger partial charge in [0.05, 0.1) is 0 Å². The number of primary amides is 1. The van der Waals surface area contributed by atoms with Gasteiger partial charge in [0.25, 0.3) is 0 Å². The second-order valence-electron chi connectivity index (χ2n) is 5.13. The largest absolute Gasteiger partial charge is 0.366 e. The Morgan fingerprint density at radius 3 is 2.24 bits per heavy atom. The third kappa shape index (κ3) is 1.48. The number of carbonyl (C=O) groups excluding carboxylic acids is 2. The number of rotatable bonds is 1. The summed E-state index contributed by atoms with van der Waals surface area (Å²) in [5.41, 5.74) is 9.10. The summed E-state index contributed by atoms with van der Waals surface area (Å²) in [6, 6.07) is 16.6. The van der Waals surface area contributed by atoms with Crippen molar-refractivity contribution in [2.75, 3.05) is 0 Å². The van der Waals surface area contributed by atoms with Crippen molar-refractivity contribution in [1.29, 1.82) is 0 Å². The fourth-order valence-electron chi connectivity index (χ4n) is 3.10. The second-order valence-corrected chi connectivity index (χ2v) is 5.13. The minimum Gasteiger partial charge on any atom is -0.366 e. The summed E-state index contributed by atoms with van der Waals surface area (Å²) >= 11 is 0. The van der Waals surface area contributed by atoms with Crippen molar-refractivity contribution in [2.24, 2.45) is 5.73 Å². The van der Waals surface area contributed by atoms with Crippen LogP contribution in [-0.2, 0) is 0 Å². The Morgan fingerprint density at radius 2 is 1.48 bits per heavy atom. The topological polar surface area (TPSA) is 60.2 Å². The summed E-state index contributed by atoms with van der Waals surface area (Å²) < 4.78 is 0. The Morgan fingerprint density at radius 1 is 0.762 bits per heavy atom. The molecule has 0 fully saturated rings. The molecule has 0 heterocycles. The van der Waals surface area contributed by atoms with Crippen LogP contribution < -0.4 is 5.73 Å². The molecule has 3 heteroatoms. The van der Waals surface area contributed by atoms with Crippen LogP contribution in [0.2, 0.25) is 0 Å². The molecule has 2 N–H and O–H groups in total. The minimum atomic E-state index is -0.481. The van der Waals surface area contributed by atoms with E-state index in [1.807, 2.05) is 36.4 Å². The van der Waals surface area contributed by atoms with Gasteiger partial charge in [-0.15, -0.1) is 0 Å². The highest BCUT2D eigenvalue weighted by molar-refractivity contribution is 6.27. The molecule has 21 heavy (non-hydrogen) atoms. The van der Waals surface area contributed by atoms with Crippen LogP contribution in [0.3, 0.4) is 0 Å². The Kier molecular flexibility index (Phi) is 2.27. The molecule has 1 amide bonds. The Labute approximate surface area is 121 Å². The van der Waals surface area contributed by atoms with E-state index in [1.54, 1.807) is 18.2 Å². The normalized spacial score (nSPS) is 12.3. The quantitative estimate of drug-likeness (QED) is 0.579. The number of hydrogen-bond acceptors (Lipinski definition) is 2. The van der Waals surface area contributed by atoms with Gasteiger partial charge in [-0.25, -0.2) is 0 Å². The first-order valence-corrected chi connectivity index (χ1v) is 6.68. The standard InChI is InChI=1S/C18H11NO2/c19-18(21)14-9-8-12-10-4-1-2-5-13(10)17(20)15-7-3-6-11(14)16(12)15/h1-9H,(H2,19,21). The van der Waals surface area contributed by atoms with Gasteiger partial charge < -0.3 is 5.73 Å². The molecule has 0 aromatic heterocycles. The lowest BCUT2D eigenvalue weighted by molar-refractivity contribution is 0.0999. The summed E-state index contributed by atoms with van der Waals surface area (Å²) in [6.07, 6.45) is 0. The van der Waals surface area contributed by atoms with Crippen LogP contribution in [0, 0.1) is 0 Å². The smallest absolute Gasteiger partial charge is 0.249 e. The molecular formula is C18H11NO2. The zero-order valence-electron chi connectivity index (χ0n) is 11.1. The number of amides is 1. The lowest BCUT2D eigenvalue weighted by Crippen LogP contribution is -2.14. The van der Waals surface area contributed by atoms with Crippen LogP contribution in [0.5, 0.6) is 0 Å². The number of nitrogens with two attached hydrogens (primary N) is 1. The number of fused-ring (bicyclic) bond motifs is 2. The van der Waals surface area contributed by atoms with Gasteiger partial charge in [-0.2, -0.15) is 0 Å². The molecule has 0 radical (unpaired) electrons. The SMILES string of the molecule is NC(=O)c1ccc2c3c(cccc13)C(=O)c1ccccc1-2. The molecule has 0 atom stereocenters. The molecule has 0 spiro atoms. The first-order chi connectivity index (χ1) is 10.2. The summed E-state index contributed by atoms with van der Waals surface area (Å²) in [4.78, 5) is 24.3. The van der Waals surface area contributed by atoms with Crippen molar-refractivity contribution in [3.8, 4) is 11.1 Å². The highest BCUT2D eigenvalue weighted by atomic mass is 16.1. The van der Waals surface area contributed by atoms with Gasteiger partial charge in [-0.1, -0.05) is 48.5 Å². The summed E-state index contributed by atoms with van der Waals surface area (Å²) in [7, 11) is 0. The Hall–Kier alpha value is -2.94. The monoisotopic (exact) mass is 273 g/mol. The Bertz CT molecular complexity index is 941. The van der Waals surface area contributed by atoms with Crippen LogP contribution in [0.15, 0.2) is 54.6 Å². The van der Waals surface area contributed by atoms with Gasteiger partial charge in [0, 0.05) is 22.1 Å². The van der Waals surface area contributed by atoms with E-state index in [4.69, 9.17) is 5.73 Å². The van der Waals surface area contributed by atoms with Crippen LogP contribution in [0.4, 0.5) is 0 Å². The summed E-state index contributed by atoms with van der Waals surface area (Å²) in [6.45, 7) is 0. The van der Waals surface area contributed by atoms with E-state index >= 15 is 0 Å². The van der Waals surface area contributed by atoms with Crippen molar-refractivity contribution in [3.05, 3.63) is 71.3 Å². The predicted molar refractivity (Wildman–Crippen MR) is 81.3 cm³/mol. The number of ketones is 1. The van der Waals surface area contributed by atoms with Crippen LogP contribution >= 0.6 is 0 Å². The molecule has 1 aliphatic carbocycles. The molecule has 4 rings (SSSR count). The van der Waals surface area contributed by atoms with E-state index in [9.17, 15) is 9.59 Å². The fraction of sp³-hybridized carbons (Fsp3) is 0. The van der Waals surface area contributed by atoms with E-state index in [0.29, 0.717) is 16.7 Å². The maximum absolute atomic E-state index is 12.7. The van der Waals surface area contributed by atoms with E-state index in [0.717, 1.165) is 21.9 Å². The van der Waals surface area contributed by atoms with Gasteiger partial charge >= 0.3 is 0 Å². The number of benzene rings is 3. The highest BCUT2D eigenvalue weighted by Crippen LogP contribution is 2.40. The van der Waals surface area contributed by atoms with Crippen LogP contribution in [0.1, 0.15) is 26.3 Å². The van der Waals surface area contributed by atoms with Crippen LogP contribution in [0.25, 0.3) is 21.9 Å². The van der Waals surface area contributed by atoms with Gasteiger partial charge in [0.2, 0.25) is 5.91 Å². The molecule has 3 aromatic carbocycles. The number of hydrogen-bond donors (Lipinski definition) is 1. The van der Waals surface area contributed by atoms with E-state index in [-0.39, 0.29) is 5.78 Å². The van der Waals surface area contributed by atoms with Crippen LogP contribution in [-0.4, -0.2) is 11.7 Å². The Balaban J connectivity index is 2.23. The first-order valence-electron chi connectivity index (χ1n) is 6.68. The fourth-order valence-corrected chi connectivity index (χ4v) is 3.10. The van der Waals surface area contributed by atoms with E-state index < -0.39 is 5.91 Å². The average Bonchev–Trinajstić information content (AvgIpc) is 2.51. The highest BCUT2D eigenvalue weighted by Gasteiger charge is 2.25. The molecule has 3 aromatic rings. The summed E-state index contributed by atoms with van der Waals surface area (Å²) in [5, 5.41) is 1.55. The molecule has 0 saturated heterocycles. The van der Waals surface area contributed by atoms with Crippen molar-refractivity contribution >= 4 is 22.5 Å². The molecule has 0 saturated carbocycles. The predicted octanol–water partition coefficient (Wildman–Crippen LogP) is 3.15. The lowest BCUT2D eigenvalue weighted by atomic mass is 9.82. The van der Waals surface area contributed by atoms with E-state index in [1.165, 1.54) is 0 Å². The lowest BCUT2D eigenvalue weighted by Gasteiger charge is -2.20. The minimum absolute atomic E-state index is 0.00896. The van der Waals surface area contributed by atoms with Gasteiger partial charge in [0.15, 0.2) is 5.78 Å². The maximum Gasteiger partial charge on any atom is 0.249 e. The second kappa shape index (κ2) is 4.03. The molecule has 0 bridgehead atoms. The van der Waals surface area contributed by atoms with E-state index in [2.05, 4.69) is 0 Å². The van der Waals surface area contributed by atoms with Crippen molar-refractivity contribution < 1.29 is 9.59 Å².